The first-order valence-electron chi connectivity index (χ1n) is 6.46. The van der Waals surface area contributed by atoms with E-state index >= 15 is 0 Å². The Balaban J connectivity index is 1.79. The Labute approximate surface area is 130 Å². The van der Waals surface area contributed by atoms with E-state index in [4.69, 9.17) is 0 Å². The lowest BCUT2D eigenvalue weighted by Crippen LogP contribution is -2.26. The van der Waals surface area contributed by atoms with E-state index in [1.54, 1.807) is 23.7 Å². The molecule has 0 spiro atoms. The molecule has 3 heterocycles. The second-order valence-electron chi connectivity index (χ2n) is 4.64. The predicted octanol–water partition coefficient (Wildman–Crippen LogP) is 3.39. The number of carbonyl (C=O) groups excluding carboxylic acids is 1. The van der Waals surface area contributed by atoms with Gasteiger partial charge >= 0.3 is 0 Å². The van der Waals surface area contributed by atoms with E-state index in [1.807, 2.05) is 31.4 Å². The lowest BCUT2D eigenvalue weighted by Gasteiger charge is -2.11. The number of hydrogen-bond donors (Lipinski definition) is 2. The topological polar surface area (TPSA) is 70.7 Å². The smallest absolute Gasteiger partial charge is 0.263 e. The van der Waals surface area contributed by atoms with Crippen molar-refractivity contribution >= 4 is 28.6 Å². The highest BCUT2D eigenvalue weighted by Crippen LogP contribution is 2.31. The monoisotopic (exact) mass is 318 g/mol. The van der Waals surface area contributed by atoms with E-state index in [0.717, 1.165) is 21.1 Å². The molecule has 0 aliphatic heterocycles. The quantitative estimate of drug-likeness (QED) is 0.774. The summed E-state index contributed by atoms with van der Waals surface area (Å²) in [5, 5.41) is 12.5. The highest BCUT2D eigenvalue weighted by Gasteiger charge is 2.19. The Kier molecular flexibility index (Phi) is 3.85. The first-order chi connectivity index (χ1) is 10.1. The Bertz CT molecular complexity index is 731. The van der Waals surface area contributed by atoms with E-state index in [-0.39, 0.29) is 11.9 Å². The molecule has 3 rings (SSSR count). The van der Waals surface area contributed by atoms with Crippen molar-refractivity contribution in [2.75, 3.05) is 0 Å². The largest absolute Gasteiger partial charge is 0.345 e. The summed E-state index contributed by atoms with van der Waals surface area (Å²) in [6.45, 7) is 3.80. The first-order valence-corrected chi connectivity index (χ1v) is 8.15. The minimum atomic E-state index is -0.0958. The Morgan fingerprint density at radius 3 is 3.00 bits per heavy atom. The van der Waals surface area contributed by atoms with Crippen LogP contribution in [0.3, 0.4) is 0 Å². The maximum Gasteiger partial charge on any atom is 0.263 e. The Morgan fingerprint density at radius 1 is 1.48 bits per heavy atom. The average Bonchev–Trinajstić information content (AvgIpc) is 3.20. The lowest BCUT2D eigenvalue weighted by atomic mass is 10.2. The summed E-state index contributed by atoms with van der Waals surface area (Å²) >= 11 is 3.05. The van der Waals surface area contributed by atoms with Crippen molar-refractivity contribution in [1.29, 1.82) is 0 Å². The number of thiazole rings is 1. The highest BCUT2D eigenvalue weighted by molar-refractivity contribution is 7.22. The molecule has 108 valence electrons. The maximum absolute atomic E-state index is 12.4. The van der Waals surface area contributed by atoms with Crippen molar-refractivity contribution in [2.24, 2.45) is 0 Å². The van der Waals surface area contributed by atoms with Gasteiger partial charge in [0.15, 0.2) is 0 Å². The van der Waals surface area contributed by atoms with E-state index < -0.39 is 0 Å². The molecule has 1 amide bonds. The van der Waals surface area contributed by atoms with Gasteiger partial charge < -0.3 is 5.32 Å². The number of nitrogens with one attached hydrogen (secondary N) is 2. The van der Waals surface area contributed by atoms with Gasteiger partial charge in [0.1, 0.15) is 9.88 Å². The van der Waals surface area contributed by atoms with Gasteiger partial charge in [-0.25, -0.2) is 4.98 Å². The zero-order valence-corrected chi connectivity index (χ0v) is 13.2. The van der Waals surface area contributed by atoms with Crippen molar-refractivity contribution in [3.05, 3.63) is 46.0 Å². The fourth-order valence-corrected chi connectivity index (χ4v) is 3.72. The minimum Gasteiger partial charge on any atom is -0.345 e. The van der Waals surface area contributed by atoms with Gasteiger partial charge in [-0.1, -0.05) is 6.07 Å². The highest BCUT2D eigenvalue weighted by atomic mass is 32.1. The van der Waals surface area contributed by atoms with E-state index in [9.17, 15) is 4.79 Å². The number of thiophene rings is 1. The summed E-state index contributed by atoms with van der Waals surface area (Å²) < 4.78 is 0. The number of hydrogen-bond acceptors (Lipinski definition) is 5. The van der Waals surface area contributed by atoms with Crippen LogP contribution in [0.5, 0.6) is 0 Å². The van der Waals surface area contributed by atoms with Crippen molar-refractivity contribution in [1.82, 2.24) is 20.5 Å². The number of nitrogens with zero attached hydrogens (tertiary/aromatic N) is 2. The standard InChI is InChI=1S/C14H14N4OS2/c1-8(10-6-15-16-7-10)17-13(19)12-9(2)18-14(21-12)11-4-3-5-20-11/h3-8H,1-2H3,(H,15,16)(H,17,19). The Hall–Kier alpha value is -1.99. The molecular weight excluding hydrogens is 304 g/mol. The Morgan fingerprint density at radius 2 is 2.33 bits per heavy atom. The third-order valence-corrected chi connectivity index (χ3v) is 5.30. The molecule has 0 radical (unpaired) electrons. The SMILES string of the molecule is Cc1nc(-c2cccs2)sc1C(=O)NC(C)c1cn[nH]c1. The number of aromatic amines is 1. The van der Waals surface area contributed by atoms with Crippen LogP contribution in [0.15, 0.2) is 29.9 Å². The van der Waals surface area contributed by atoms with Gasteiger partial charge in [-0.3, -0.25) is 9.89 Å². The van der Waals surface area contributed by atoms with Crippen LogP contribution >= 0.6 is 22.7 Å². The van der Waals surface area contributed by atoms with Crippen LogP contribution in [0, 0.1) is 6.92 Å². The third-order valence-electron chi connectivity index (χ3n) is 3.10. The zero-order valence-electron chi connectivity index (χ0n) is 11.6. The van der Waals surface area contributed by atoms with Crippen LogP contribution in [0.25, 0.3) is 9.88 Å². The molecule has 21 heavy (non-hydrogen) atoms. The fourth-order valence-electron chi connectivity index (χ4n) is 1.96. The van der Waals surface area contributed by atoms with Gasteiger partial charge in [0, 0.05) is 11.8 Å². The van der Waals surface area contributed by atoms with Gasteiger partial charge in [0.2, 0.25) is 0 Å². The average molecular weight is 318 g/mol. The second kappa shape index (κ2) is 5.79. The first kappa shape index (κ1) is 14.0. The second-order valence-corrected chi connectivity index (χ2v) is 6.58. The summed E-state index contributed by atoms with van der Waals surface area (Å²) in [5.41, 5.74) is 1.71. The van der Waals surface area contributed by atoms with Crippen LogP contribution in [-0.4, -0.2) is 21.1 Å². The minimum absolute atomic E-state index is 0.0945. The lowest BCUT2D eigenvalue weighted by molar-refractivity contribution is 0.0943. The van der Waals surface area contributed by atoms with Gasteiger partial charge in [-0.05, 0) is 25.3 Å². The normalized spacial score (nSPS) is 12.3. The molecular formula is C14H14N4OS2. The number of aryl methyl sites for hydroxylation is 1. The summed E-state index contributed by atoms with van der Waals surface area (Å²) in [4.78, 5) is 18.6. The molecule has 0 aliphatic carbocycles. The van der Waals surface area contributed by atoms with Crippen LogP contribution in [0.4, 0.5) is 0 Å². The summed E-state index contributed by atoms with van der Waals surface area (Å²) in [5.74, 6) is -0.0958. The number of rotatable bonds is 4. The number of carbonyl (C=O) groups is 1. The van der Waals surface area contributed by atoms with E-state index in [0.29, 0.717) is 4.88 Å². The molecule has 3 aromatic rings. The number of aromatic nitrogens is 3. The maximum atomic E-state index is 12.4. The molecule has 0 aliphatic rings. The van der Waals surface area contributed by atoms with Crippen LogP contribution < -0.4 is 5.32 Å². The van der Waals surface area contributed by atoms with Crippen LogP contribution in [-0.2, 0) is 0 Å². The molecule has 0 bridgehead atoms. The van der Waals surface area contributed by atoms with Crippen molar-refractivity contribution < 1.29 is 4.79 Å². The molecule has 7 heteroatoms. The molecule has 2 N–H and O–H groups in total. The molecule has 0 saturated heterocycles. The number of amides is 1. The molecule has 0 fully saturated rings. The molecule has 1 unspecified atom stereocenters. The summed E-state index contributed by atoms with van der Waals surface area (Å²) in [6.07, 6.45) is 3.49. The molecule has 0 saturated carbocycles. The van der Waals surface area contributed by atoms with Gasteiger partial charge in [-0.15, -0.1) is 22.7 Å². The van der Waals surface area contributed by atoms with Gasteiger partial charge in [0.25, 0.3) is 5.91 Å². The van der Waals surface area contributed by atoms with Gasteiger partial charge in [-0.2, -0.15) is 5.10 Å². The fraction of sp³-hybridized carbons (Fsp3) is 0.214. The van der Waals surface area contributed by atoms with Crippen LogP contribution in [0.2, 0.25) is 0 Å². The summed E-state index contributed by atoms with van der Waals surface area (Å²) in [6, 6.07) is 3.90. The van der Waals surface area contributed by atoms with Crippen molar-refractivity contribution in [3.8, 4) is 9.88 Å². The van der Waals surface area contributed by atoms with Crippen molar-refractivity contribution in [3.63, 3.8) is 0 Å². The summed E-state index contributed by atoms with van der Waals surface area (Å²) in [7, 11) is 0. The van der Waals surface area contributed by atoms with Gasteiger partial charge in [0.05, 0.1) is 22.8 Å². The van der Waals surface area contributed by atoms with Crippen LogP contribution in [0.1, 0.15) is 33.9 Å². The molecule has 5 nitrogen and oxygen atoms in total. The molecule has 1 atom stereocenters. The molecule has 0 aromatic carbocycles. The van der Waals surface area contributed by atoms with E-state index in [1.165, 1.54) is 11.3 Å². The predicted molar refractivity (Wildman–Crippen MR) is 84.6 cm³/mol. The zero-order chi connectivity index (χ0) is 14.8. The van der Waals surface area contributed by atoms with Crippen molar-refractivity contribution in [2.45, 2.75) is 19.9 Å². The number of H-pyrrole nitrogens is 1. The third kappa shape index (κ3) is 2.88. The van der Waals surface area contributed by atoms with E-state index in [2.05, 4.69) is 20.5 Å². The molecule has 3 aromatic heterocycles.